The van der Waals surface area contributed by atoms with E-state index in [0.29, 0.717) is 19.3 Å². The Bertz CT molecular complexity index is 433. The number of anilines is 1. The van der Waals surface area contributed by atoms with Crippen LogP contribution in [0.5, 0.6) is 0 Å². The van der Waals surface area contributed by atoms with Gasteiger partial charge in [-0.25, -0.2) is 0 Å². The lowest BCUT2D eigenvalue weighted by Crippen LogP contribution is -2.23. The Morgan fingerprint density at radius 2 is 1.90 bits per heavy atom. The predicted octanol–water partition coefficient (Wildman–Crippen LogP) is 1.89. The first-order valence-electron chi connectivity index (χ1n) is 6.22. The second-order valence-corrected chi connectivity index (χ2v) is 4.50. The van der Waals surface area contributed by atoms with Crippen molar-refractivity contribution in [3.63, 3.8) is 0 Å². The number of aryl methyl sites for hydroxylation is 1. The molecule has 1 amide bonds. The zero-order valence-corrected chi connectivity index (χ0v) is 12.5. The van der Waals surface area contributed by atoms with Gasteiger partial charge in [-0.3, -0.25) is 9.59 Å². The number of hydrogen-bond acceptors (Lipinski definition) is 4. The number of benzene rings is 1. The molecule has 0 fully saturated rings. The van der Waals surface area contributed by atoms with Gasteiger partial charge in [-0.05, 0) is 31.0 Å². The highest BCUT2D eigenvalue weighted by atomic mass is 35.5. The van der Waals surface area contributed by atoms with Crippen molar-refractivity contribution >= 4 is 30.0 Å². The number of halogens is 1. The first kappa shape index (κ1) is 18.4. The van der Waals surface area contributed by atoms with Gasteiger partial charge in [0.25, 0.3) is 0 Å². The first-order chi connectivity index (χ1) is 9.01. The van der Waals surface area contributed by atoms with Gasteiger partial charge in [-0.2, -0.15) is 0 Å². The van der Waals surface area contributed by atoms with Crippen LogP contribution in [0.1, 0.15) is 25.3 Å². The van der Waals surface area contributed by atoms with Crippen molar-refractivity contribution in [1.29, 1.82) is 0 Å². The molecule has 1 unspecified atom stereocenters. The molecule has 1 aromatic rings. The van der Waals surface area contributed by atoms with Crippen molar-refractivity contribution in [1.82, 2.24) is 0 Å². The Hall–Kier alpha value is -1.59. The Morgan fingerprint density at radius 1 is 1.30 bits per heavy atom. The van der Waals surface area contributed by atoms with Crippen molar-refractivity contribution in [2.75, 3.05) is 12.4 Å². The molecule has 1 atom stereocenters. The average molecular weight is 301 g/mol. The summed E-state index contributed by atoms with van der Waals surface area (Å²) in [6, 6.07) is 7.23. The lowest BCUT2D eigenvalue weighted by Gasteiger charge is -2.08. The molecular formula is C14H21ClN2O3. The quantitative estimate of drug-likeness (QED) is 0.786. The first-order valence-corrected chi connectivity index (χ1v) is 6.22. The van der Waals surface area contributed by atoms with Crippen molar-refractivity contribution in [2.24, 2.45) is 5.73 Å². The summed E-state index contributed by atoms with van der Waals surface area (Å²) in [6.45, 7) is 1.79. The summed E-state index contributed by atoms with van der Waals surface area (Å²) < 4.78 is 4.58. The lowest BCUT2D eigenvalue weighted by atomic mass is 10.1. The minimum Gasteiger partial charge on any atom is -0.469 e. The number of carbonyl (C=O) groups is 2. The standard InChI is InChI=1S/C14H20N2O3.ClH/c1-10(15)9-13(17)16-12-6-3-11(4-7-12)5-8-14(18)19-2;/h3-4,6-7,10H,5,8-9,15H2,1-2H3,(H,16,17);1H. The van der Waals surface area contributed by atoms with Gasteiger partial charge in [0, 0.05) is 24.6 Å². The van der Waals surface area contributed by atoms with Gasteiger partial charge in [-0.1, -0.05) is 12.1 Å². The van der Waals surface area contributed by atoms with Gasteiger partial charge < -0.3 is 15.8 Å². The number of ether oxygens (including phenoxy) is 1. The van der Waals surface area contributed by atoms with Gasteiger partial charge in [0.1, 0.15) is 0 Å². The molecule has 20 heavy (non-hydrogen) atoms. The number of hydrogen-bond donors (Lipinski definition) is 2. The number of carbonyl (C=O) groups excluding carboxylic acids is 2. The summed E-state index contributed by atoms with van der Waals surface area (Å²) in [4.78, 5) is 22.5. The molecule has 112 valence electrons. The van der Waals surface area contributed by atoms with E-state index in [1.54, 1.807) is 6.92 Å². The van der Waals surface area contributed by atoms with E-state index in [4.69, 9.17) is 5.73 Å². The third kappa shape index (κ3) is 7.11. The maximum Gasteiger partial charge on any atom is 0.305 e. The van der Waals surface area contributed by atoms with Crippen molar-refractivity contribution in [3.8, 4) is 0 Å². The molecule has 0 radical (unpaired) electrons. The highest BCUT2D eigenvalue weighted by Crippen LogP contribution is 2.11. The summed E-state index contributed by atoms with van der Waals surface area (Å²) in [5.41, 5.74) is 7.30. The van der Waals surface area contributed by atoms with Gasteiger partial charge in [0.2, 0.25) is 5.91 Å². The zero-order valence-electron chi connectivity index (χ0n) is 11.7. The van der Waals surface area contributed by atoms with Crippen LogP contribution in [0.3, 0.4) is 0 Å². The number of amides is 1. The third-order valence-corrected chi connectivity index (χ3v) is 2.59. The van der Waals surface area contributed by atoms with Crippen LogP contribution in [-0.4, -0.2) is 25.0 Å². The molecule has 5 nitrogen and oxygen atoms in total. The lowest BCUT2D eigenvalue weighted by molar-refractivity contribution is -0.140. The molecule has 0 spiro atoms. The van der Waals surface area contributed by atoms with Crippen LogP contribution in [0.4, 0.5) is 5.69 Å². The molecule has 0 saturated heterocycles. The van der Waals surface area contributed by atoms with Crippen molar-refractivity contribution < 1.29 is 14.3 Å². The van der Waals surface area contributed by atoms with Crippen LogP contribution in [-0.2, 0) is 20.7 Å². The molecule has 0 heterocycles. The fraction of sp³-hybridized carbons (Fsp3) is 0.429. The molecule has 3 N–H and O–H groups in total. The van der Waals surface area contributed by atoms with Crippen LogP contribution < -0.4 is 11.1 Å². The van der Waals surface area contributed by atoms with E-state index < -0.39 is 0 Å². The summed E-state index contributed by atoms with van der Waals surface area (Å²) >= 11 is 0. The van der Waals surface area contributed by atoms with Crippen LogP contribution in [0.2, 0.25) is 0 Å². The maximum atomic E-state index is 11.5. The van der Waals surface area contributed by atoms with Crippen LogP contribution in [0, 0.1) is 0 Å². The molecular weight excluding hydrogens is 280 g/mol. The van der Waals surface area contributed by atoms with Gasteiger partial charge in [0.05, 0.1) is 7.11 Å². The molecule has 0 bridgehead atoms. The van der Waals surface area contributed by atoms with E-state index >= 15 is 0 Å². The molecule has 0 aliphatic rings. The van der Waals surface area contributed by atoms with Gasteiger partial charge in [0.15, 0.2) is 0 Å². The topological polar surface area (TPSA) is 81.4 Å². The van der Waals surface area contributed by atoms with Crippen LogP contribution in [0.25, 0.3) is 0 Å². The molecule has 0 aliphatic heterocycles. The summed E-state index contributed by atoms with van der Waals surface area (Å²) in [5.74, 6) is -0.327. The normalized spacial score (nSPS) is 11.2. The van der Waals surface area contributed by atoms with Crippen molar-refractivity contribution in [2.45, 2.75) is 32.2 Å². The van der Waals surface area contributed by atoms with E-state index in [1.807, 2.05) is 24.3 Å². The van der Waals surface area contributed by atoms with Gasteiger partial charge in [-0.15, -0.1) is 12.4 Å². The zero-order chi connectivity index (χ0) is 14.3. The number of nitrogens with two attached hydrogens (primary N) is 1. The summed E-state index contributed by atoms with van der Waals surface area (Å²) in [5, 5.41) is 2.77. The monoisotopic (exact) mass is 300 g/mol. The largest absolute Gasteiger partial charge is 0.469 e. The summed E-state index contributed by atoms with van der Waals surface area (Å²) in [6.07, 6.45) is 1.28. The Morgan fingerprint density at radius 3 is 2.40 bits per heavy atom. The number of rotatable bonds is 6. The molecule has 0 aromatic heterocycles. The predicted molar refractivity (Wildman–Crippen MR) is 80.9 cm³/mol. The highest BCUT2D eigenvalue weighted by molar-refractivity contribution is 5.91. The van der Waals surface area contributed by atoms with Crippen LogP contribution >= 0.6 is 12.4 Å². The van der Waals surface area contributed by atoms with E-state index in [2.05, 4.69) is 10.1 Å². The third-order valence-electron chi connectivity index (χ3n) is 2.59. The minimum atomic E-state index is -0.227. The molecule has 1 aromatic carbocycles. The van der Waals surface area contributed by atoms with E-state index in [-0.39, 0.29) is 30.3 Å². The van der Waals surface area contributed by atoms with E-state index in [0.717, 1.165) is 11.3 Å². The molecule has 1 rings (SSSR count). The summed E-state index contributed by atoms with van der Waals surface area (Å²) in [7, 11) is 1.37. The Kier molecular flexibility index (Phi) is 8.59. The van der Waals surface area contributed by atoms with Crippen LogP contribution in [0.15, 0.2) is 24.3 Å². The maximum absolute atomic E-state index is 11.5. The average Bonchev–Trinajstić information content (AvgIpc) is 2.36. The SMILES string of the molecule is COC(=O)CCc1ccc(NC(=O)CC(C)N)cc1.Cl. The van der Waals surface area contributed by atoms with E-state index in [1.165, 1.54) is 7.11 Å². The van der Waals surface area contributed by atoms with Crippen molar-refractivity contribution in [3.05, 3.63) is 29.8 Å². The number of nitrogens with one attached hydrogen (secondary N) is 1. The number of esters is 1. The highest BCUT2D eigenvalue weighted by Gasteiger charge is 2.06. The fourth-order valence-corrected chi connectivity index (χ4v) is 1.61. The Labute approximate surface area is 125 Å². The smallest absolute Gasteiger partial charge is 0.305 e. The Balaban J connectivity index is 0.00000361. The fourth-order valence-electron chi connectivity index (χ4n) is 1.61. The molecule has 0 aliphatic carbocycles. The molecule has 6 heteroatoms. The minimum absolute atomic E-state index is 0. The van der Waals surface area contributed by atoms with E-state index in [9.17, 15) is 9.59 Å². The molecule has 0 saturated carbocycles. The van der Waals surface area contributed by atoms with Gasteiger partial charge >= 0.3 is 5.97 Å². The second kappa shape index (κ2) is 9.34. The second-order valence-electron chi connectivity index (χ2n) is 4.50. The number of methoxy groups -OCH3 is 1.